The second kappa shape index (κ2) is 13.0. The normalized spacial score (nSPS) is 12.0. The number of hydrogen-bond acceptors (Lipinski definition) is 8. The molecule has 0 aromatic heterocycles. The van der Waals surface area contributed by atoms with Crippen molar-refractivity contribution in [2.45, 2.75) is 31.8 Å². The van der Waals surface area contributed by atoms with Crippen molar-refractivity contribution in [3.63, 3.8) is 0 Å². The Kier molecular flexibility index (Phi) is 10.7. The van der Waals surface area contributed by atoms with Crippen molar-refractivity contribution >= 4 is 25.7 Å². The smallest absolute Gasteiger partial charge is 0.315 e. The summed E-state index contributed by atoms with van der Waals surface area (Å²) in [4.78, 5) is 12.3. The molecule has 0 fully saturated rings. The van der Waals surface area contributed by atoms with Gasteiger partial charge >= 0.3 is 5.97 Å². The lowest BCUT2D eigenvalue weighted by atomic mass is 10.1. The van der Waals surface area contributed by atoms with Crippen LogP contribution in [-0.4, -0.2) is 37.8 Å². The minimum Gasteiger partial charge on any atom is -0.467 e. The first kappa shape index (κ1) is 25.6. The van der Waals surface area contributed by atoms with Gasteiger partial charge in [0.15, 0.2) is 6.79 Å². The summed E-state index contributed by atoms with van der Waals surface area (Å²) in [6.07, 6.45) is 1.64. The van der Waals surface area contributed by atoms with Gasteiger partial charge in [-0.3, -0.25) is 4.79 Å². The predicted octanol–water partition coefficient (Wildman–Crippen LogP) is 1.85. The van der Waals surface area contributed by atoms with Crippen molar-refractivity contribution in [1.82, 2.24) is 0 Å². The number of carbonyl (C=O) groups excluding carboxylic acids is 1. The maximum Gasteiger partial charge on any atom is 0.315 e. The minimum atomic E-state index is -0.489. The number of ether oxygens (including phenoxy) is 3. The van der Waals surface area contributed by atoms with Crippen molar-refractivity contribution in [2.24, 2.45) is 0 Å². The van der Waals surface area contributed by atoms with Crippen LogP contribution in [0, 0.1) is 45.3 Å². The molecule has 0 aliphatic heterocycles. The summed E-state index contributed by atoms with van der Waals surface area (Å²) in [6.45, 7) is 5.80. The van der Waals surface area contributed by atoms with E-state index in [0.717, 1.165) is 12.8 Å². The van der Waals surface area contributed by atoms with E-state index in [4.69, 9.17) is 35.3 Å². The van der Waals surface area contributed by atoms with Crippen LogP contribution in [0.25, 0.3) is 11.1 Å². The zero-order chi connectivity index (χ0) is 23.3. The van der Waals surface area contributed by atoms with Crippen LogP contribution in [0.5, 0.6) is 5.75 Å². The molecule has 0 aliphatic rings. The lowest BCUT2D eigenvalue weighted by Crippen LogP contribution is -2.33. The van der Waals surface area contributed by atoms with E-state index < -0.39 is 5.16 Å². The molecule has 2 unspecified atom stereocenters. The Morgan fingerprint density at radius 1 is 1.06 bits per heavy atom. The molecule has 0 saturated carbocycles. The molecule has 1 aromatic carbocycles. The molecule has 31 heavy (non-hydrogen) atoms. The van der Waals surface area contributed by atoms with Crippen molar-refractivity contribution in [2.75, 3.05) is 26.7 Å². The van der Waals surface area contributed by atoms with E-state index in [1.165, 1.54) is 18.2 Å². The second-order valence-corrected chi connectivity index (χ2v) is 8.15. The summed E-state index contributed by atoms with van der Waals surface area (Å²) in [6, 6.07) is 11.4. The molecule has 0 amide bonds. The molecule has 0 saturated heterocycles. The standard InChI is InChI=1S/C22H23N4O4P/c1-4-7-22(2,31-3)21(27)29-9-8-28-15-30-20-10-16(17(11-23)12-24)5-6-19(20)18(13-25)14-26/h5-6,10,31H,4,7-9,15H2,1-3H3. The molecule has 0 spiro atoms. The molecular formula is C22H23N4O4P. The summed E-state index contributed by atoms with van der Waals surface area (Å²) >= 11 is 0. The highest BCUT2D eigenvalue weighted by Crippen LogP contribution is 2.34. The van der Waals surface area contributed by atoms with Gasteiger partial charge in [-0.05, 0) is 32.1 Å². The summed E-state index contributed by atoms with van der Waals surface area (Å²) in [5.74, 6) is -0.133. The monoisotopic (exact) mass is 438 g/mol. The zero-order valence-electron chi connectivity index (χ0n) is 17.7. The van der Waals surface area contributed by atoms with Crippen LogP contribution < -0.4 is 15.2 Å². The largest absolute Gasteiger partial charge is 0.467 e. The highest BCUT2D eigenvalue weighted by molar-refractivity contribution is 7.40. The molecule has 9 heteroatoms. The Bertz CT molecular complexity index is 1060. The summed E-state index contributed by atoms with van der Waals surface area (Å²) in [7, 11) is 0.431. The van der Waals surface area contributed by atoms with Gasteiger partial charge in [-0.1, -0.05) is 19.4 Å². The van der Waals surface area contributed by atoms with Gasteiger partial charge in [0.1, 0.15) is 47.8 Å². The van der Waals surface area contributed by atoms with Crippen LogP contribution in [0.15, 0.2) is 18.2 Å². The molecule has 8 nitrogen and oxygen atoms in total. The molecule has 160 valence electrons. The molecule has 0 N–H and O–H groups in total. The topological polar surface area (TPSA) is 140 Å². The zero-order valence-corrected chi connectivity index (χ0v) is 18.7. The average molecular weight is 438 g/mol. The van der Waals surface area contributed by atoms with Gasteiger partial charge in [-0.25, -0.2) is 0 Å². The summed E-state index contributed by atoms with van der Waals surface area (Å²) in [5, 5.41) is 36.4. The quantitative estimate of drug-likeness (QED) is 0.233. The Morgan fingerprint density at radius 3 is 2.26 bits per heavy atom. The van der Waals surface area contributed by atoms with Gasteiger partial charge in [-0.15, -0.1) is 8.58 Å². The van der Waals surface area contributed by atoms with Gasteiger partial charge in [0.25, 0.3) is 0 Å². The highest BCUT2D eigenvalue weighted by Gasteiger charge is 2.31. The van der Waals surface area contributed by atoms with Crippen LogP contribution in [-0.2, 0) is 14.3 Å². The number of nitriles is 4. The average Bonchev–Trinajstić information content (AvgIpc) is 2.78. The van der Waals surface area contributed by atoms with Crippen molar-refractivity contribution in [3.8, 4) is 30.0 Å². The van der Waals surface area contributed by atoms with Gasteiger partial charge < -0.3 is 14.2 Å². The van der Waals surface area contributed by atoms with Gasteiger partial charge in [0.05, 0.1) is 11.8 Å². The van der Waals surface area contributed by atoms with Crippen LogP contribution in [0.3, 0.4) is 0 Å². The Morgan fingerprint density at radius 2 is 1.71 bits per heavy atom. The first-order valence-corrected chi connectivity index (χ1v) is 11.0. The number of hydrogen-bond donors (Lipinski definition) is 0. The van der Waals surface area contributed by atoms with E-state index in [2.05, 4.69) is 0 Å². The molecule has 0 radical (unpaired) electrons. The second-order valence-electron chi connectivity index (χ2n) is 6.55. The summed E-state index contributed by atoms with van der Waals surface area (Å²) in [5.41, 5.74) is -0.312. The van der Waals surface area contributed by atoms with E-state index in [-0.39, 0.29) is 48.1 Å². The van der Waals surface area contributed by atoms with Gasteiger partial charge in [-0.2, -0.15) is 21.0 Å². The van der Waals surface area contributed by atoms with E-state index in [1.54, 1.807) is 24.3 Å². The molecule has 0 aliphatic carbocycles. The van der Waals surface area contributed by atoms with Crippen LogP contribution in [0.1, 0.15) is 26.7 Å². The Labute approximate surface area is 183 Å². The summed E-state index contributed by atoms with van der Waals surface area (Å²) < 4.78 is 16.2. The van der Waals surface area contributed by atoms with Crippen molar-refractivity contribution in [1.29, 1.82) is 21.0 Å². The molecule has 1 rings (SSSR count). The number of esters is 1. The van der Waals surface area contributed by atoms with Crippen molar-refractivity contribution in [3.05, 3.63) is 28.6 Å². The third-order valence-corrected chi connectivity index (χ3v) is 6.06. The Balaban J connectivity index is 2.84. The maximum absolute atomic E-state index is 12.3. The van der Waals surface area contributed by atoms with Crippen LogP contribution in [0.4, 0.5) is 0 Å². The number of nitrogens with zero attached hydrogens (tertiary/aromatic N) is 4. The minimum absolute atomic E-state index is 0.0629. The number of rotatable bonds is 10. The van der Waals surface area contributed by atoms with E-state index in [9.17, 15) is 4.79 Å². The van der Waals surface area contributed by atoms with Crippen LogP contribution >= 0.6 is 8.58 Å². The molecule has 0 bridgehead atoms. The Hall–Kier alpha value is -3.42. The fraction of sp³-hybridized carbons (Fsp3) is 0.409. The molecular weight excluding hydrogens is 415 g/mol. The van der Waals surface area contributed by atoms with Crippen molar-refractivity contribution < 1.29 is 19.0 Å². The van der Waals surface area contributed by atoms with Gasteiger partial charge in [0, 0.05) is 10.4 Å². The third kappa shape index (κ3) is 7.09. The SMILES string of the molecule is CCCC(C)(PC)C(=O)OCCOCOc1cc(=C(C#N)C#N)ccc1=C(C#N)C#N. The maximum atomic E-state index is 12.3. The molecule has 1 aromatic rings. The number of carbonyl (C=O) groups is 1. The molecule has 0 heterocycles. The predicted molar refractivity (Wildman–Crippen MR) is 115 cm³/mol. The third-order valence-electron chi connectivity index (χ3n) is 4.50. The fourth-order valence-electron chi connectivity index (χ4n) is 2.65. The van der Waals surface area contributed by atoms with E-state index in [1.807, 2.05) is 20.5 Å². The van der Waals surface area contributed by atoms with E-state index >= 15 is 0 Å². The van der Waals surface area contributed by atoms with Crippen LogP contribution in [0.2, 0.25) is 0 Å². The fourth-order valence-corrected chi connectivity index (χ4v) is 3.43. The van der Waals surface area contributed by atoms with E-state index in [0.29, 0.717) is 13.8 Å². The number of benzene rings is 1. The highest BCUT2D eigenvalue weighted by atomic mass is 31.1. The lowest BCUT2D eigenvalue weighted by Gasteiger charge is -2.25. The molecule has 2 atom stereocenters. The first-order chi connectivity index (χ1) is 14.9. The first-order valence-electron chi connectivity index (χ1n) is 9.46. The van der Waals surface area contributed by atoms with Gasteiger partial charge in [0.2, 0.25) is 0 Å². The lowest BCUT2D eigenvalue weighted by molar-refractivity contribution is -0.148.